The SMILES string of the molecule is C=CCC(CC)(CCCCB1OC(C)(C)C(C)(C)O1)N(C)C(=O)OC(C)(C)C.O=C=O. The lowest BCUT2D eigenvalue weighted by Crippen LogP contribution is -2.50. The molecule has 0 saturated carbocycles. The fourth-order valence-electron chi connectivity index (χ4n) is 3.61. The number of hydrogen-bond donors (Lipinski definition) is 0. The van der Waals surface area contributed by atoms with Crippen LogP contribution in [0.5, 0.6) is 0 Å². The maximum absolute atomic E-state index is 12.7. The van der Waals surface area contributed by atoms with Crippen molar-refractivity contribution in [3.63, 3.8) is 0 Å². The Kier molecular flexibility index (Phi) is 11.2. The Labute approximate surface area is 189 Å². The van der Waals surface area contributed by atoms with Gasteiger partial charge in [-0.3, -0.25) is 0 Å². The molecule has 1 saturated heterocycles. The Morgan fingerprint density at radius 1 is 1.13 bits per heavy atom. The lowest BCUT2D eigenvalue weighted by atomic mass is 9.79. The van der Waals surface area contributed by atoms with E-state index in [0.717, 1.165) is 38.4 Å². The molecule has 178 valence electrons. The van der Waals surface area contributed by atoms with Crippen LogP contribution in [0.4, 0.5) is 4.79 Å². The third kappa shape index (κ3) is 8.79. The standard InChI is InChI=1S/C22H42BNO4.CO2/c1-11-15-22(12-2,24(10)18(25)26-19(3,4)5)16-13-14-17-23-27-20(6,7)21(8,9)28-23;2-1-3/h11H,1,12-17H2,2-10H3;. The number of rotatable bonds is 9. The molecule has 7 nitrogen and oxygen atoms in total. The quantitative estimate of drug-likeness (QED) is 0.277. The fourth-order valence-corrected chi connectivity index (χ4v) is 3.61. The van der Waals surface area contributed by atoms with Gasteiger partial charge in [0.05, 0.1) is 11.2 Å². The second kappa shape index (κ2) is 11.8. The van der Waals surface area contributed by atoms with E-state index in [2.05, 4.69) is 41.2 Å². The summed E-state index contributed by atoms with van der Waals surface area (Å²) in [6.07, 6.45) is 7.19. The number of unbranched alkanes of at least 4 members (excludes halogenated alkanes) is 1. The number of hydrogen-bond acceptors (Lipinski definition) is 6. The van der Waals surface area contributed by atoms with Crippen LogP contribution in [0.3, 0.4) is 0 Å². The van der Waals surface area contributed by atoms with Crippen LogP contribution in [-0.2, 0) is 23.6 Å². The van der Waals surface area contributed by atoms with E-state index >= 15 is 0 Å². The molecule has 0 N–H and O–H groups in total. The molecule has 1 atom stereocenters. The van der Waals surface area contributed by atoms with Crippen molar-refractivity contribution in [1.82, 2.24) is 4.90 Å². The lowest BCUT2D eigenvalue weighted by molar-refractivity contribution is -0.191. The first-order valence-corrected chi connectivity index (χ1v) is 11.0. The molecule has 1 heterocycles. The van der Waals surface area contributed by atoms with Crippen molar-refractivity contribution in [1.29, 1.82) is 0 Å². The van der Waals surface area contributed by atoms with Gasteiger partial charge in [-0.25, -0.2) is 4.79 Å². The molecule has 1 amide bonds. The van der Waals surface area contributed by atoms with Gasteiger partial charge in [0.1, 0.15) is 5.60 Å². The van der Waals surface area contributed by atoms with Crippen LogP contribution in [0, 0.1) is 0 Å². The highest BCUT2D eigenvalue weighted by Gasteiger charge is 2.50. The monoisotopic (exact) mass is 439 g/mol. The summed E-state index contributed by atoms with van der Waals surface area (Å²) in [5.41, 5.74) is -1.36. The van der Waals surface area contributed by atoms with Crippen LogP contribution >= 0.6 is 0 Å². The molecule has 1 rings (SSSR count). The third-order valence-corrected chi connectivity index (χ3v) is 6.20. The van der Waals surface area contributed by atoms with Gasteiger partial charge >= 0.3 is 19.4 Å². The van der Waals surface area contributed by atoms with E-state index < -0.39 is 5.60 Å². The maximum Gasteiger partial charge on any atom is 0.457 e. The van der Waals surface area contributed by atoms with Crippen LogP contribution in [0.2, 0.25) is 6.32 Å². The van der Waals surface area contributed by atoms with Crippen molar-refractivity contribution in [2.45, 2.75) is 116 Å². The van der Waals surface area contributed by atoms with Crippen molar-refractivity contribution < 1.29 is 28.4 Å². The summed E-state index contributed by atoms with van der Waals surface area (Å²) in [5.74, 6) is 0. The molecule has 0 aromatic carbocycles. The molecule has 0 aliphatic carbocycles. The van der Waals surface area contributed by atoms with E-state index in [1.807, 2.05) is 33.9 Å². The van der Waals surface area contributed by atoms with E-state index in [0.29, 0.717) is 0 Å². The number of carbonyl (C=O) groups excluding carboxylic acids is 3. The molecule has 0 aromatic heterocycles. The number of ether oxygens (including phenoxy) is 1. The lowest BCUT2D eigenvalue weighted by Gasteiger charge is -2.41. The maximum atomic E-state index is 12.7. The van der Waals surface area contributed by atoms with Gasteiger partial charge in [-0.1, -0.05) is 25.8 Å². The van der Waals surface area contributed by atoms with Gasteiger partial charge in [0.2, 0.25) is 0 Å². The van der Waals surface area contributed by atoms with Gasteiger partial charge in [-0.2, -0.15) is 9.59 Å². The second-order valence-corrected chi connectivity index (χ2v) is 10.1. The van der Waals surface area contributed by atoms with Gasteiger partial charge in [0.25, 0.3) is 0 Å². The van der Waals surface area contributed by atoms with E-state index in [1.54, 1.807) is 4.90 Å². The van der Waals surface area contributed by atoms with Crippen molar-refractivity contribution in [2.75, 3.05) is 7.05 Å². The highest BCUT2D eigenvalue weighted by atomic mass is 16.7. The van der Waals surface area contributed by atoms with Gasteiger partial charge in [-0.15, -0.1) is 6.58 Å². The summed E-state index contributed by atoms with van der Waals surface area (Å²) in [4.78, 5) is 30.7. The van der Waals surface area contributed by atoms with E-state index in [1.165, 1.54) is 0 Å². The molecule has 0 aromatic rings. The third-order valence-electron chi connectivity index (χ3n) is 6.20. The van der Waals surface area contributed by atoms with Crippen LogP contribution in [-0.4, -0.2) is 53.7 Å². The average molecular weight is 439 g/mol. The minimum absolute atomic E-state index is 0.163. The average Bonchev–Trinajstić information content (AvgIpc) is 2.83. The van der Waals surface area contributed by atoms with Crippen molar-refractivity contribution >= 4 is 19.4 Å². The molecular weight excluding hydrogens is 397 g/mol. The van der Waals surface area contributed by atoms with Crippen molar-refractivity contribution in [3.05, 3.63) is 12.7 Å². The first kappa shape index (κ1) is 29.4. The molecule has 31 heavy (non-hydrogen) atoms. The minimum atomic E-state index is -0.504. The Morgan fingerprint density at radius 3 is 2.00 bits per heavy atom. The predicted molar refractivity (Wildman–Crippen MR) is 122 cm³/mol. The van der Waals surface area contributed by atoms with Crippen LogP contribution in [0.25, 0.3) is 0 Å². The molecule has 1 aliphatic rings. The summed E-state index contributed by atoms with van der Waals surface area (Å²) >= 11 is 0. The van der Waals surface area contributed by atoms with E-state index in [-0.39, 0.29) is 36.1 Å². The zero-order valence-electron chi connectivity index (χ0n) is 21.0. The topological polar surface area (TPSA) is 82.1 Å². The normalized spacial score (nSPS) is 18.8. The molecule has 0 spiro atoms. The Morgan fingerprint density at radius 2 is 1.61 bits per heavy atom. The molecule has 1 fully saturated rings. The molecule has 0 radical (unpaired) electrons. The second-order valence-electron chi connectivity index (χ2n) is 10.1. The summed E-state index contributed by atoms with van der Waals surface area (Å²) in [6, 6.07) is 0. The highest BCUT2D eigenvalue weighted by Crippen LogP contribution is 2.38. The largest absolute Gasteiger partial charge is 0.457 e. The molecule has 8 heteroatoms. The van der Waals surface area contributed by atoms with E-state index in [9.17, 15) is 4.79 Å². The Hall–Kier alpha value is -1.63. The minimum Gasteiger partial charge on any atom is -0.444 e. The molecule has 1 aliphatic heterocycles. The number of amides is 1. The zero-order valence-corrected chi connectivity index (χ0v) is 21.0. The van der Waals surface area contributed by atoms with Crippen LogP contribution in [0.1, 0.15) is 87.5 Å². The van der Waals surface area contributed by atoms with Gasteiger partial charge < -0.3 is 18.9 Å². The Bertz CT molecular complexity index is 606. The first-order valence-electron chi connectivity index (χ1n) is 11.0. The van der Waals surface area contributed by atoms with Gasteiger partial charge in [-0.05, 0) is 74.0 Å². The summed E-state index contributed by atoms with van der Waals surface area (Å²) in [5, 5.41) is 0. The van der Waals surface area contributed by atoms with Crippen LogP contribution < -0.4 is 0 Å². The van der Waals surface area contributed by atoms with Gasteiger partial charge in [0.15, 0.2) is 0 Å². The zero-order chi connectivity index (χ0) is 24.5. The highest BCUT2D eigenvalue weighted by molar-refractivity contribution is 6.45. The van der Waals surface area contributed by atoms with Crippen molar-refractivity contribution in [3.8, 4) is 0 Å². The number of carbonyl (C=O) groups is 1. The summed E-state index contributed by atoms with van der Waals surface area (Å²) in [6.45, 7) is 20.0. The van der Waals surface area contributed by atoms with Crippen molar-refractivity contribution in [2.24, 2.45) is 0 Å². The molecule has 1 unspecified atom stereocenters. The smallest absolute Gasteiger partial charge is 0.444 e. The summed E-state index contributed by atoms with van der Waals surface area (Å²) < 4.78 is 17.8. The number of nitrogens with zero attached hydrogens (tertiary/aromatic N) is 1. The van der Waals surface area contributed by atoms with Crippen LogP contribution in [0.15, 0.2) is 12.7 Å². The first-order chi connectivity index (χ1) is 14.1. The molecular formula is C23H42BNO6. The van der Waals surface area contributed by atoms with Gasteiger partial charge in [0, 0.05) is 12.6 Å². The predicted octanol–water partition coefficient (Wildman–Crippen LogP) is 5.26. The van der Waals surface area contributed by atoms with E-state index in [4.69, 9.17) is 23.6 Å². The molecule has 0 bridgehead atoms. The summed E-state index contributed by atoms with van der Waals surface area (Å²) in [7, 11) is 1.68. The fraction of sp³-hybridized carbons (Fsp3) is 0.826. The Balaban J connectivity index is 0.00000282.